The second kappa shape index (κ2) is 11.9. The molecule has 2 bridgehead atoms. The lowest BCUT2D eigenvalue weighted by molar-refractivity contribution is -0.0428. The number of amides is 1. The van der Waals surface area contributed by atoms with E-state index in [2.05, 4.69) is 34.2 Å². The van der Waals surface area contributed by atoms with Crippen LogP contribution in [0.3, 0.4) is 0 Å². The number of aryl methyl sites for hydroxylation is 1. The first-order valence-corrected chi connectivity index (χ1v) is 18.1. The number of fused-ring (bicyclic) bond motifs is 4. The normalized spacial score (nSPS) is 36.1. The summed E-state index contributed by atoms with van der Waals surface area (Å²) in [4.78, 5) is 16.0. The smallest absolute Gasteiger partial charge is 0.262 e. The van der Waals surface area contributed by atoms with Crippen LogP contribution in [-0.4, -0.2) is 51.6 Å². The maximum atomic E-state index is 13.7. The number of hydrogen-bond acceptors (Lipinski definition) is 5. The summed E-state index contributed by atoms with van der Waals surface area (Å²) < 4.78 is 23.1. The molecule has 44 heavy (non-hydrogen) atoms. The van der Waals surface area contributed by atoms with Crippen molar-refractivity contribution in [3.05, 3.63) is 82.9 Å². The largest absolute Gasteiger partial charge is 0.490 e. The van der Waals surface area contributed by atoms with Gasteiger partial charge in [-0.05, 0) is 117 Å². The van der Waals surface area contributed by atoms with Crippen molar-refractivity contribution in [2.24, 2.45) is 17.8 Å². The Kier molecular flexibility index (Phi) is 8.44. The molecule has 4 aliphatic rings. The average Bonchev–Trinajstić information content (AvgIpc) is 3.11. The number of ether oxygens (including phenoxy) is 1. The van der Waals surface area contributed by atoms with Crippen LogP contribution in [0.1, 0.15) is 73.9 Å². The monoisotopic (exact) mass is 636 g/mol. The van der Waals surface area contributed by atoms with Gasteiger partial charge in [-0.15, -0.1) is 6.58 Å². The number of allylic oxidation sites excluding steroid dienone is 1. The molecule has 1 amide bonds. The molecule has 0 saturated heterocycles. The van der Waals surface area contributed by atoms with Gasteiger partial charge in [0.2, 0.25) is 0 Å². The molecule has 2 N–H and O–H groups in total. The molecule has 1 fully saturated rings. The predicted octanol–water partition coefficient (Wildman–Crippen LogP) is 6.49. The van der Waals surface area contributed by atoms with Crippen molar-refractivity contribution in [2.75, 3.05) is 24.6 Å². The van der Waals surface area contributed by atoms with E-state index in [9.17, 15) is 14.1 Å². The average molecular weight is 637 g/mol. The molecule has 236 valence electrons. The summed E-state index contributed by atoms with van der Waals surface area (Å²) in [5.41, 5.74) is 2.58. The molecule has 2 aliphatic heterocycles. The highest BCUT2D eigenvalue weighted by atomic mass is 35.5. The van der Waals surface area contributed by atoms with Crippen LogP contribution in [0.15, 0.2) is 61.2 Å². The van der Waals surface area contributed by atoms with Crippen molar-refractivity contribution in [1.82, 2.24) is 4.72 Å². The van der Waals surface area contributed by atoms with Crippen molar-refractivity contribution < 1.29 is 18.8 Å². The number of halogens is 1. The van der Waals surface area contributed by atoms with Crippen molar-refractivity contribution in [1.29, 1.82) is 0 Å². The Balaban J connectivity index is 1.45. The first-order valence-electron chi connectivity index (χ1n) is 15.9. The van der Waals surface area contributed by atoms with Gasteiger partial charge >= 0.3 is 0 Å². The zero-order valence-corrected chi connectivity index (χ0v) is 27.5. The minimum Gasteiger partial charge on any atom is -0.490 e. The van der Waals surface area contributed by atoms with E-state index >= 15 is 0 Å². The Bertz CT molecular complexity index is 1590. The fourth-order valence-corrected chi connectivity index (χ4v) is 9.59. The lowest BCUT2D eigenvalue weighted by atomic mass is 9.63. The summed E-state index contributed by atoms with van der Waals surface area (Å²) in [6.07, 6.45) is 11.8. The first kappa shape index (κ1) is 31.3. The summed E-state index contributed by atoms with van der Waals surface area (Å²) in [7, 11) is -2.95. The van der Waals surface area contributed by atoms with Gasteiger partial charge in [0.05, 0.1) is 27.6 Å². The summed E-state index contributed by atoms with van der Waals surface area (Å²) in [5, 5.41) is 12.4. The number of nitrogens with one attached hydrogen (secondary N) is 1. The second-order valence-electron chi connectivity index (χ2n) is 13.7. The van der Waals surface area contributed by atoms with E-state index in [1.165, 1.54) is 11.1 Å². The Labute approximate surface area is 267 Å². The summed E-state index contributed by atoms with van der Waals surface area (Å²) in [6.45, 7) is 9.82. The van der Waals surface area contributed by atoms with Gasteiger partial charge in [0.1, 0.15) is 5.75 Å². The molecular formula is C36H45ClN2O4S. The van der Waals surface area contributed by atoms with E-state index in [1.807, 2.05) is 50.3 Å². The molecule has 2 aromatic carbocycles. The van der Waals surface area contributed by atoms with Crippen LogP contribution >= 0.6 is 11.6 Å². The fraction of sp³-hybridized carbons (Fsp3) is 0.500. The van der Waals surface area contributed by atoms with Gasteiger partial charge < -0.3 is 14.7 Å². The third kappa shape index (κ3) is 5.72. The Hall–Kier alpha value is -2.74. The third-order valence-electron chi connectivity index (χ3n) is 10.9. The standard InChI is InChI=1S/C36H45ClN2O4S/c1-5-16-36(41)18-6-8-24(2)25(3)44(4,42)38-34(40)27-11-15-33-32(20-27)39(21-28-10-13-31(28)36)22-35(23-43-33)17-7-9-26-19-29(37)12-14-30(26)35/h5-6,11-12,14-15,18-20,24-25,28,31,41H,1,4,7-10,13,16-17,21-23H2,2-3H3,(H,38,40,42)/b18-6+/t24-,25+,28-,31+,35-,36+,44?/m0/s1. The van der Waals surface area contributed by atoms with Crippen LogP contribution in [0.5, 0.6) is 5.75 Å². The molecule has 7 atom stereocenters. The highest BCUT2D eigenvalue weighted by molar-refractivity contribution is 7.99. The van der Waals surface area contributed by atoms with Gasteiger partial charge in [0.15, 0.2) is 0 Å². The molecule has 2 heterocycles. The number of nitrogens with zero attached hydrogens (tertiary/aromatic N) is 1. The van der Waals surface area contributed by atoms with Crippen molar-refractivity contribution in [2.45, 2.75) is 75.1 Å². The van der Waals surface area contributed by atoms with Crippen LogP contribution < -0.4 is 14.4 Å². The highest BCUT2D eigenvalue weighted by Gasteiger charge is 2.47. The molecule has 0 aromatic heterocycles. The summed E-state index contributed by atoms with van der Waals surface area (Å²) >= 11 is 6.43. The maximum absolute atomic E-state index is 13.7. The van der Waals surface area contributed by atoms with Crippen molar-refractivity contribution in [3.8, 4) is 5.75 Å². The highest BCUT2D eigenvalue weighted by Crippen LogP contribution is 2.49. The molecule has 2 aliphatic carbocycles. The number of hydrogen-bond donors (Lipinski definition) is 2. The van der Waals surface area contributed by atoms with Crippen molar-refractivity contribution in [3.63, 3.8) is 0 Å². The van der Waals surface area contributed by atoms with E-state index in [0.717, 1.165) is 61.7 Å². The minimum atomic E-state index is -2.95. The van der Waals surface area contributed by atoms with Crippen LogP contribution in [0.25, 0.3) is 0 Å². The zero-order valence-electron chi connectivity index (χ0n) is 25.9. The Morgan fingerprint density at radius 2 is 2.05 bits per heavy atom. The van der Waals surface area contributed by atoms with Crippen molar-refractivity contribution >= 4 is 38.8 Å². The van der Waals surface area contributed by atoms with Crippen LogP contribution in [-0.2, 0) is 21.5 Å². The second-order valence-corrected chi connectivity index (χ2v) is 16.5. The predicted molar refractivity (Wildman–Crippen MR) is 181 cm³/mol. The van der Waals surface area contributed by atoms with Crippen LogP contribution in [0.4, 0.5) is 5.69 Å². The van der Waals surface area contributed by atoms with E-state index in [4.69, 9.17) is 16.3 Å². The minimum absolute atomic E-state index is 0.0185. The van der Waals surface area contributed by atoms with E-state index in [0.29, 0.717) is 25.0 Å². The fourth-order valence-electron chi connectivity index (χ4n) is 7.92. The van der Waals surface area contributed by atoms with Gasteiger partial charge in [-0.25, -0.2) is 4.21 Å². The Morgan fingerprint density at radius 1 is 1.23 bits per heavy atom. The summed E-state index contributed by atoms with van der Waals surface area (Å²) in [6, 6.07) is 11.7. The van der Waals surface area contributed by atoms with E-state index < -0.39 is 21.2 Å². The molecular weight excluding hydrogens is 592 g/mol. The molecule has 1 spiro atoms. The molecule has 1 unspecified atom stereocenters. The zero-order chi connectivity index (χ0) is 31.3. The van der Waals surface area contributed by atoms with E-state index in [1.54, 1.807) is 6.07 Å². The molecule has 6 nitrogen and oxygen atoms in total. The number of rotatable bonds is 2. The molecule has 1 saturated carbocycles. The third-order valence-corrected chi connectivity index (χ3v) is 13.3. The van der Waals surface area contributed by atoms with Crippen LogP contribution in [0.2, 0.25) is 5.02 Å². The number of anilines is 1. The van der Waals surface area contributed by atoms with Gasteiger partial charge in [0.25, 0.3) is 5.91 Å². The maximum Gasteiger partial charge on any atom is 0.262 e. The molecule has 8 heteroatoms. The lowest BCUT2D eigenvalue weighted by Gasteiger charge is -2.49. The van der Waals surface area contributed by atoms with E-state index in [-0.39, 0.29) is 28.4 Å². The number of carbonyl (C=O) groups is 1. The van der Waals surface area contributed by atoms with Gasteiger partial charge in [-0.1, -0.05) is 42.8 Å². The number of aliphatic hydroxyl groups is 1. The molecule has 2 aromatic rings. The quantitative estimate of drug-likeness (QED) is 0.291. The first-order chi connectivity index (χ1) is 20.9. The van der Waals surface area contributed by atoms with Crippen LogP contribution in [0, 0.1) is 17.8 Å². The molecule has 0 radical (unpaired) electrons. The summed E-state index contributed by atoms with van der Waals surface area (Å²) in [5.74, 6) is 4.61. The van der Waals surface area contributed by atoms with Gasteiger partial charge in [-0.2, -0.15) is 0 Å². The molecule has 6 rings (SSSR count). The van der Waals surface area contributed by atoms with Gasteiger partial charge in [-0.3, -0.25) is 9.52 Å². The SMILES string of the molecule is C=CC[C@@]1(O)/C=C/C[C@H](C)[C@@H](C)S(=C)(=O)NC(=O)c2ccc3c(c2)N(C[C@@H]2CC[C@H]21)C[C@@]1(CCCc2cc(Cl)ccc21)CO3. The number of benzene rings is 2. The topological polar surface area (TPSA) is 78.9 Å². The Morgan fingerprint density at radius 3 is 2.80 bits per heavy atom. The van der Waals surface area contributed by atoms with Gasteiger partial charge in [0, 0.05) is 34.3 Å². The lowest BCUT2D eigenvalue weighted by Crippen LogP contribution is -2.52. The number of carbonyl (C=O) groups excluding carboxylic acids is 1.